The Labute approximate surface area is 169 Å². The highest BCUT2D eigenvalue weighted by Gasteiger charge is 2.21. The van der Waals surface area contributed by atoms with Gasteiger partial charge in [-0.2, -0.15) is 10.2 Å². The second-order valence-electron chi connectivity index (χ2n) is 7.57. The third kappa shape index (κ3) is 3.80. The Morgan fingerprint density at radius 3 is 2.41 bits per heavy atom. The smallest absolute Gasteiger partial charge is 0.293 e. The van der Waals surface area contributed by atoms with E-state index in [0.717, 1.165) is 30.8 Å². The third-order valence-corrected chi connectivity index (χ3v) is 5.53. The van der Waals surface area contributed by atoms with E-state index < -0.39 is 0 Å². The van der Waals surface area contributed by atoms with Gasteiger partial charge in [0.05, 0.1) is 5.69 Å². The summed E-state index contributed by atoms with van der Waals surface area (Å²) in [4.78, 5) is 29.6. The van der Waals surface area contributed by atoms with Crippen molar-refractivity contribution in [2.45, 2.75) is 26.8 Å². The number of hydrogen-bond donors (Lipinski definition) is 0. The standard InChI is InChI=1S/C21H26N6O2/c1-4-16-5-7-17(8-6-16)18-13-19-21(29)26(22-15(2)27(19)23-18)14-20(28)25-11-9-24(3)10-12-25/h5-8,13H,4,9-12,14H2,1-3H3. The molecule has 0 unspecified atom stereocenters. The molecule has 3 heterocycles. The van der Waals surface area contributed by atoms with E-state index in [1.807, 2.05) is 19.2 Å². The Hall–Kier alpha value is -3.00. The van der Waals surface area contributed by atoms with Gasteiger partial charge in [0, 0.05) is 31.7 Å². The van der Waals surface area contributed by atoms with Gasteiger partial charge in [-0.25, -0.2) is 9.20 Å². The normalized spacial score (nSPS) is 15.2. The highest BCUT2D eigenvalue weighted by Crippen LogP contribution is 2.19. The molecule has 0 bridgehead atoms. The van der Waals surface area contributed by atoms with Gasteiger partial charge >= 0.3 is 0 Å². The van der Waals surface area contributed by atoms with Crippen molar-refractivity contribution >= 4 is 11.4 Å². The molecule has 0 spiro atoms. The van der Waals surface area contributed by atoms with Crippen molar-refractivity contribution in [3.8, 4) is 11.3 Å². The van der Waals surface area contributed by atoms with Gasteiger partial charge < -0.3 is 9.80 Å². The van der Waals surface area contributed by atoms with Gasteiger partial charge in [0.1, 0.15) is 17.9 Å². The van der Waals surface area contributed by atoms with Crippen LogP contribution in [0.1, 0.15) is 18.3 Å². The van der Waals surface area contributed by atoms with Gasteiger partial charge in [0.15, 0.2) is 0 Å². The number of aryl methyl sites for hydroxylation is 2. The largest absolute Gasteiger partial charge is 0.339 e. The van der Waals surface area contributed by atoms with E-state index >= 15 is 0 Å². The average Bonchev–Trinajstić information content (AvgIpc) is 3.19. The number of aromatic nitrogens is 4. The Balaban J connectivity index is 1.63. The van der Waals surface area contributed by atoms with Crippen LogP contribution < -0.4 is 5.56 Å². The highest BCUT2D eigenvalue weighted by molar-refractivity contribution is 5.76. The van der Waals surface area contributed by atoms with E-state index in [1.165, 1.54) is 10.2 Å². The maximum absolute atomic E-state index is 13.0. The summed E-state index contributed by atoms with van der Waals surface area (Å²) in [5.41, 5.74) is 3.04. The van der Waals surface area contributed by atoms with Crippen molar-refractivity contribution < 1.29 is 4.79 Å². The molecule has 4 rings (SSSR count). The average molecular weight is 394 g/mol. The molecule has 2 aromatic heterocycles. The van der Waals surface area contributed by atoms with Crippen LogP contribution in [0, 0.1) is 6.92 Å². The minimum Gasteiger partial charge on any atom is -0.339 e. The molecule has 3 aromatic rings. The fraction of sp³-hybridized carbons (Fsp3) is 0.429. The minimum atomic E-state index is -0.304. The van der Waals surface area contributed by atoms with Crippen molar-refractivity contribution in [2.24, 2.45) is 0 Å². The molecule has 0 saturated carbocycles. The lowest BCUT2D eigenvalue weighted by Crippen LogP contribution is -2.48. The zero-order valence-electron chi connectivity index (χ0n) is 17.1. The summed E-state index contributed by atoms with van der Waals surface area (Å²) < 4.78 is 2.82. The molecular weight excluding hydrogens is 368 g/mol. The van der Waals surface area contributed by atoms with Crippen LogP contribution in [0.3, 0.4) is 0 Å². The fourth-order valence-corrected chi connectivity index (χ4v) is 3.62. The van der Waals surface area contributed by atoms with Crippen LogP contribution in [-0.2, 0) is 17.8 Å². The van der Waals surface area contributed by atoms with Gasteiger partial charge in [0.25, 0.3) is 5.56 Å². The van der Waals surface area contributed by atoms with Gasteiger partial charge in [-0.05, 0) is 32.0 Å². The number of piperazine rings is 1. The lowest BCUT2D eigenvalue weighted by Gasteiger charge is -2.32. The number of benzene rings is 1. The summed E-state index contributed by atoms with van der Waals surface area (Å²) in [7, 11) is 2.04. The quantitative estimate of drug-likeness (QED) is 0.665. The first-order chi connectivity index (χ1) is 14.0. The van der Waals surface area contributed by atoms with E-state index in [9.17, 15) is 9.59 Å². The third-order valence-electron chi connectivity index (χ3n) is 5.53. The second kappa shape index (κ2) is 7.79. The number of amides is 1. The van der Waals surface area contributed by atoms with Crippen LogP contribution in [0.15, 0.2) is 35.1 Å². The van der Waals surface area contributed by atoms with Gasteiger partial charge in [-0.15, -0.1) is 0 Å². The monoisotopic (exact) mass is 394 g/mol. The number of carbonyl (C=O) groups is 1. The number of carbonyl (C=O) groups excluding carboxylic acids is 1. The van der Waals surface area contributed by atoms with Crippen molar-refractivity contribution in [3.05, 3.63) is 52.1 Å². The first-order valence-electron chi connectivity index (χ1n) is 9.99. The van der Waals surface area contributed by atoms with Gasteiger partial charge in [-0.1, -0.05) is 31.2 Å². The molecule has 1 amide bonds. The van der Waals surface area contributed by atoms with Crippen molar-refractivity contribution in [3.63, 3.8) is 0 Å². The van der Waals surface area contributed by atoms with Crippen LogP contribution in [-0.4, -0.2) is 68.3 Å². The summed E-state index contributed by atoms with van der Waals surface area (Å²) in [6.45, 7) is 6.89. The predicted molar refractivity (Wildman–Crippen MR) is 111 cm³/mol. The molecular formula is C21H26N6O2. The topological polar surface area (TPSA) is 75.7 Å². The Kier molecular flexibility index (Phi) is 5.19. The number of likely N-dealkylation sites (N-methyl/N-ethyl adjacent to an activating group) is 1. The minimum absolute atomic E-state index is 0.0500. The van der Waals surface area contributed by atoms with Crippen molar-refractivity contribution in [1.82, 2.24) is 29.2 Å². The Bertz CT molecular complexity index is 1090. The SMILES string of the molecule is CCc1ccc(-c2cc3c(=O)n(CC(=O)N4CCN(C)CC4)nc(C)n3n2)cc1. The lowest BCUT2D eigenvalue weighted by atomic mass is 10.1. The maximum atomic E-state index is 13.0. The van der Waals surface area contributed by atoms with Crippen LogP contribution in [0.2, 0.25) is 0 Å². The molecule has 1 fully saturated rings. The van der Waals surface area contributed by atoms with E-state index in [-0.39, 0.29) is 18.0 Å². The van der Waals surface area contributed by atoms with Gasteiger partial charge in [-0.3, -0.25) is 9.59 Å². The molecule has 1 aliphatic rings. The van der Waals surface area contributed by atoms with E-state index in [1.54, 1.807) is 22.4 Å². The summed E-state index contributed by atoms with van der Waals surface area (Å²) >= 11 is 0. The lowest BCUT2D eigenvalue weighted by molar-refractivity contribution is -0.133. The molecule has 0 aliphatic carbocycles. The number of hydrogen-bond acceptors (Lipinski definition) is 5. The summed E-state index contributed by atoms with van der Waals surface area (Å²) in [5, 5.41) is 8.89. The summed E-state index contributed by atoms with van der Waals surface area (Å²) in [6, 6.07) is 9.93. The first kappa shape index (κ1) is 19.3. The van der Waals surface area contributed by atoms with Crippen molar-refractivity contribution in [2.75, 3.05) is 33.2 Å². The number of nitrogens with zero attached hydrogens (tertiary/aromatic N) is 6. The second-order valence-corrected chi connectivity index (χ2v) is 7.57. The zero-order valence-corrected chi connectivity index (χ0v) is 17.1. The molecule has 0 atom stereocenters. The number of fused-ring (bicyclic) bond motifs is 1. The van der Waals surface area contributed by atoms with Crippen LogP contribution in [0.4, 0.5) is 0 Å². The van der Waals surface area contributed by atoms with Crippen LogP contribution in [0.25, 0.3) is 16.8 Å². The van der Waals surface area contributed by atoms with Crippen LogP contribution in [0.5, 0.6) is 0 Å². The van der Waals surface area contributed by atoms with E-state index in [0.29, 0.717) is 24.4 Å². The summed E-state index contributed by atoms with van der Waals surface area (Å²) in [5.74, 6) is 0.494. The Morgan fingerprint density at radius 2 is 1.76 bits per heavy atom. The van der Waals surface area contributed by atoms with E-state index in [4.69, 9.17) is 0 Å². The molecule has 8 nitrogen and oxygen atoms in total. The molecule has 1 aliphatic heterocycles. The molecule has 0 radical (unpaired) electrons. The summed E-state index contributed by atoms with van der Waals surface area (Å²) in [6.07, 6.45) is 0.973. The van der Waals surface area contributed by atoms with Crippen molar-refractivity contribution in [1.29, 1.82) is 0 Å². The van der Waals surface area contributed by atoms with Gasteiger partial charge in [0.2, 0.25) is 5.91 Å². The zero-order chi connectivity index (χ0) is 20.5. The molecule has 1 saturated heterocycles. The maximum Gasteiger partial charge on any atom is 0.293 e. The van der Waals surface area contributed by atoms with E-state index in [2.05, 4.69) is 34.2 Å². The molecule has 152 valence electrons. The predicted octanol–water partition coefficient (Wildman–Crippen LogP) is 1.20. The van der Waals surface area contributed by atoms with Crippen LogP contribution >= 0.6 is 0 Å². The molecule has 0 N–H and O–H groups in total. The fourth-order valence-electron chi connectivity index (χ4n) is 3.62. The first-order valence-corrected chi connectivity index (χ1v) is 9.99. The number of rotatable bonds is 4. The Morgan fingerprint density at radius 1 is 1.07 bits per heavy atom. The molecule has 8 heteroatoms. The highest BCUT2D eigenvalue weighted by atomic mass is 16.2. The molecule has 1 aromatic carbocycles. The molecule has 29 heavy (non-hydrogen) atoms.